The Labute approximate surface area is 156 Å². The summed E-state index contributed by atoms with van der Waals surface area (Å²) in [6, 6.07) is 0. The zero-order chi connectivity index (χ0) is 18.2. The third-order valence-electron chi connectivity index (χ3n) is 9.09. The molecule has 0 N–H and O–H groups in total. The summed E-state index contributed by atoms with van der Waals surface area (Å²) in [5.74, 6) is 3.65. The minimum absolute atomic E-state index is 0.382. The van der Waals surface area contributed by atoms with Gasteiger partial charge in [-0.05, 0) is 98.4 Å². The third kappa shape index (κ3) is 2.99. The summed E-state index contributed by atoms with van der Waals surface area (Å²) < 4.78 is 0. The second-order valence-electron chi connectivity index (χ2n) is 9.91. The first kappa shape index (κ1) is 19.0. The molecule has 0 aromatic carbocycles. The highest BCUT2D eigenvalue weighted by atomic mass is 14.6. The molecule has 0 heteroatoms. The standard InChI is InChI=1S/C25H40/c1-7-9-21-22-11-10-19(5)24(22,6)15-14-23(21)25(18(3)4)16-12-20(8-2)13-17-25/h19,21-23H,2-3,7,9-17H2,1,4-6H3. The second-order valence-corrected chi connectivity index (χ2v) is 9.91. The summed E-state index contributed by atoms with van der Waals surface area (Å²) in [4.78, 5) is 0. The van der Waals surface area contributed by atoms with Gasteiger partial charge in [-0.1, -0.05) is 52.3 Å². The number of hydrogen-bond acceptors (Lipinski definition) is 0. The van der Waals surface area contributed by atoms with Crippen molar-refractivity contribution >= 4 is 0 Å². The average molecular weight is 341 g/mol. The number of hydrogen-bond donors (Lipinski definition) is 0. The van der Waals surface area contributed by atoms with Gasteiger partial charge in [0, 0.05) is 0 Å². The van der Waals surface area contributed by atoms with E-state index in [0.29, 0.717) is 10.8 Å². The van der Waals surface area contributed by atoms with Gasteiger partial charge in [-0.2, -0.15) is 0 Å². The van der Waals surface area contributed by atoms with E-state index in [2.05, 4.69) is 46.6 Å². The predicted molar refractivity (Wildman–Crippen MR) is 109 cm³/mol. The van der Waals surface area contributed by atoms with Gasteiger partial charge < -0.3 is 0 Å². The molecule has 3 fully saturated rings. The summed E-state index contributed by atoms with van der Waals surface area (Å²) in [6.45, 7) is 18.3. The predicted octanol–water partition coefficient (Wildman–Crippen LogP) is 7.71. The van der Waals surface area contributed by atoms with Crippen molar-refractivity contribution in [1.82, 2.24) is 0 Å². The van der Waals surface area contributed by atoms with Gasteiger partial charge in [-0.3, -0.25) is 0 Å². The molecule has 140 valence electrons. The van der Waals surface area contributed by atoms with E-state index in [1.807, 2.05) is 0 Å². The maximum atomic E-state index is 4.54. The van der Waals surface area contributed by atoms with E-state index in [1.165, 1.54) is 75.4 Å². The Kier molecular flexibility index (Phi) is 5.41. The molecule has 0 radical (unpaired) electrons. The van der Waals surface area contributed by atoms with Crippen molar-refractivity contribution in [3.63, 3.8) is 0 Å². The molecule has 0 aliphatic heterocycles. The summed E-state index contributed by atoms with van der Waals surface area (Å²) in [5, 5.41) is 0. The largest absolute Gasteiger partial charge is 0.130 e. The Morgan fingerprint density at radius 1 is 1.12 bits per heavy atom. The van der Waals surface area contributed by atoms with Gasteiger partial charge in [0.25, 0.3) is 0 Å². The first-order valence-corrected chi connectivity index (χ1v) is 10.9. The van der Waals surface area contributed by atoms with Crippen molar-refractivity contribution < 1.29 is 0 Å². The van der Waals surface area contributed by atoms with E-state index >= 15 is 0 Å². The van der Waals surface area contributed by atoms with Crippen molar-refractivity contribution in [2.24, 2.45) is 34.5 Å². The molecule has 3 rings (SSSR count). The molecule has 25 heavy (non-hydrogen) atoms. The van der Waals surface area contributed by atoms with E-state index in [4.69, 9.17) is 0 Å². The highest BCUT2D eigenvalue weighted by molar-refractivity contribution is 5.20. The van der Waals surface area contributed by atoms with Crippen LogP contribution in [0.15, 0.2) is 30.0 Å². The topological polar surface area (TPSA) is 0 Å². The van der Waals surface area contributed by atoms with Gasteiger partial charge in [-0.25, -0.2) is 0 Å². The SMILES string of the molecule is C=C=C1CCC(C(=C)C)(C2CCC3(C)C(C)CCC3C2CCC)CC1. The molecular formula is C25H40. The van der Waals surface area contributed by atoms with Crippen LogP contribution < -0.4 is 0 Å². The zero-order valence-electron chi connectivity index (χ0n) is 17.3. The summed E-state index contributed by atoms with van der Waals surface area (Å²) in [6.07, 6.45) is 13.6. The van der Waals surface area contributed by atoms with Crippen molar-refractivity contribution in [2.45, 2.75) is 91.9 Å². The number of fused-ring (bicyclic) bond motifs is 1. The van der Waals surface area contributed by atoms with Crippen molar-refractivity contribution in [3.05, 3.63) is 30.0 Å². The van der Waals surface area contributed by atoms with Crippen molar-refractivity contribution in [3.8, 4) is 0 Å². The molecule has 0 nitrogen and oxygen atoms in total. The Morgan fingerprint density at radius 3 is 2.36 bits per heavy atom. The quantitative estimate of drug-likeness (QED) is 0.363. The van der Waals surface area contributed by atoms with Gasteiger partial charge in [0.2, 0.25) is 0 Å². The molecular weight excluding hydrogens is 300 g/mol. The lowest BCUT2D eigenvalue weighted by Gasteiger charge is -2.56. The molecule has 0 aromatic heterocycles. The monoisotopic (exact) mass is 340 g/mol. The van der Waals surface area contributed by atoms with Crippen molar-refractivity contribution in [1.29, 1.82) is 0 Å². The lowest BCUT2D eigenvalue weighted by Crippen LogP contribution is -2.48. The molecule has 0 aromatic rings. The molecule has 0 spiro atoms. The molecule has 5 atom stereocenters. The van der Waals surface area contributed by atoms with E-state index in [-0.39, 0.29) is 0 Å². The van der Waals surface area contributed by atoms with Crippen LogP contribution >= 0.6 is 0 Å². The summed E-state index contributed by atoms with van der Waals surface area (Å²) in [7, 11) is 0. The molecule has 0 saturated heterocycles. The van der Waals surface area contributed by atoms with Gasteiger partial charge in [-0.15, -0.1) is 5.73 Å². The Balaban J connectivity index is 1.93. The van der Waals surface area contributed by atoms with Gasteiger partial charge >= 0.3 is 0 Å². The Hall–Kier alpha value is -0.740. The zero-order valence-corrected chi connectivity index (χ0v) is 17.3. The first-order valence-electron chi connectivity index (χ1n) is 10.9. The maximum absolute atomic E-state index is 4.54. The van der Waals surface area contributed by atoms with Crippen LogP contribution in [0.5, 0.6) is 0 Å². The van der Waals surface area contributed by atoms with Crippen LogP contribution in [-0.4, -0.2) is 0 Å². The average Bonchev–Trinajstić information content (AvgIpc) is 2.91. The third-order valence-corrected chi connectivity index (χ3v) is 9.09. The van der Waals surface area contributed by atoms with Crippen LogP contribution in [0.1, 0.15) is 91.9 Å². The first-order chi connectivity index (χ1) is 11.9. The molecule has 0 bridgehead atoms. The van der Waals surface area contributed by atoms with Gasteiger partial charge in [0.1, 0.15) is 0 Å². The smallest absolute Gasteiger partial charge is 0.00560 e. The lowest BCUT2D eigenvalue weighted by atomic mass is 9.48. The Morgan fingerprint density at radius 2 is 1.80 bits per heavy atom. The molecule has 3 aliphatic rings. The maximum Gasteiger partial charge on any atom is -0.00560 e. The molecule has 0 amide bonds. The van der Waals surface area contributed by atoms with Crippen LogP contribution in [0.2, 0.25) is 0 Å². The Bertz CT molecular complexity index is 551. The van der Waals surface area contributed by atoms with Crippen LogP contribution in [0.4, 0.5) is 0 Å². The summed E-state index contributed by atoms with van der Waals surface area (Å²) in [5.41, 5.74) is 7.12. The fourth-order valence-electron chi connectivity index (χ4n) is 7.26. The van der Waals surface area contributed by atoms with Crippen LogP contribution in [0.3, 0.4) is 0 Å². The van der Waals surface area contributed by atoms with E-state index in [9.17, 15) is 0 Å². The highest BCUT2D eigenvalue weighted by Crippen LogP contribution is 2.65. The fraction of sp³-hybridized carbons (Fsp3) is 0.800. The molecule has 3 aliphatic carbocycles. The van der Waals surface area contributed by atoms with Crippen LogP contribution in [0.25, 0.3) is 0 Å². The van der Waals surface area contributed by atoms with E-state index in [1.54, 1.807) is 0 Å². The normalized spacial score (nSPS) is 44.2. The van der Waals surface area contributed by atoms with Crippen molar-refractivity contribution in [2.75, 3.05) is 0 Å². The lowest BCUT2D eigenvalue weighted by molar-refractivity contribution is -0.0425. The second kappa shape index (κ2) is 7.11. The van der Waals surface area contributed by atoms with Crippen LogP contribution in [-0.2, 0) is 0 Å². The molecule has 3 saturated carbocycles. The summed E-state index contributed by atoms with van der Waals surface area (Å²) >= 11 is 0. The van der Waals surface area contributed by atoms with Gasteiger partial charge in [0.15, 0.2) is 0 Å². The highest BCUT2D eigenvalue weighted by Gasteiger charge is 2.56. The van der Waals surface area contributed by atoms with Gasteiger partial charge in [0.05, 0.1) is 0 Å². The number of rotatable bonds is 4. The van der Waals surface area contributed by atoms with E-state index < -0.39 is 0 Å². The number of allylic oxidation sites excluding steroid dienone is 2. The fourth-order valence-corrected chi connectivity index (χ4v) is 7.26. The molecule has 0 heterocycles. The van der Waals surface area contributed by atoms with E-state index in [0.717, 1.165) is 23.7 Å². The molecule has 5 unspecified atom stereocenters. The minimum Gasteiger partial charge on any atom is -0.130 e. The van der Waals surface area contributed by atoms with Crippen LogP contribution in [0, 0.1) is 34.5 Å². The minimum atomic E-state index is 0.382.